The van der Waals surface area contributed by atoms with Crippen molar-refractivity contribution >= 4 is 38.6 Å². The molecule has 28 heavy (non-hydrogen) atoms. The van der Waals surface area contributed by atoms with Gasteiger partial charge in [-0.15, -0.1) is 0 Å². The van der Waals surface area contributed by atoms with Crippen molar-refractivity contribution in [3.8, 4) is 11.8 Å². The molecule has 0 saturated carbocycles. The minimum Gasteiger partial charge on any atom is -0.494 e. The number of unbranched alkanes of at least 4 members (excludes halogenated alkanes) is 2. The molecule has 4 nitrogen and oxygen atoms in total. The fraction of sp³-hybridized carbons (Fsp3) is 0.409. The number of nitrogens with zero attached hydrogens (tertiary/aromatic N) is 2. The van der Waals surface area contributed by atoms with Gasteiger partial charge in [0.05, 0.1) is 30.8 Å². The number of halogens is 2. The van der Waals surface area contributed by atoms with Crippen molar-refractivity contribution in [1.29, 1.82) is 0 Å². The number of aromatic nitrogens is 2. The van der Waals surface area contributed by atoms with Gasteiger partial charge in [0, 0.05) is 9.50 Å². The molecule has 0 aliphatic rings. The molecule has 0 unspecified atom stereocenters. The third-order valence-corrected chi connectivity index (χ3v) is 5.43. The van der Waals surface area contributed by atoms with E-state index in [1.807, 2.05) is 25.1 Å². The van der Waals surface area contributed by atoms with Gasteiger partial charge in [0.15, 0.2) is 0 Å². The maximum atomic E-state index is 6.57. The molecule has 6 heteroatoms. The summed E-state index contributed by atoms with van der Waals surface area (Å²) in [6, 6.07) is 10.6. The Morgan fingerprint density at radius 2 is 1.93 bits per heavy atom. The topological polar surface area (TPSA) is 36.3 Å². The van der Waals surface area contributed by atoms with Gasteiger partial charge in [-0.1, -0.05) is 53.4 Å². The first kappa shape index (κ1) is 21.0. The van der Waals surface area contributed by atoms with Crippen molar-refractivity contribution in [1.82, 2.24) is 9.55 Å². The molecule has 0 N–H and O–H groups in total. The highest BCUT2D eigenvalue weighted by Gasteiger charge is 2.16. The Hall–Kier alpha value is -1.72. The molecule has 0 aliphatic carbocycles. The van der Waals surface area contributed by atoms with Crippen molar-refractivity contribution in [3.63, 3.8) is 0 Å². The van der Waals surface area contributed by atoms with Crippen LogP contribution in [0.25, 0.3) is 11.0 Å². The first-order valence-corrected chi connectivity index (χ1v) is 10.9. The van der Waals surface area contributed by atoms with Gasteiger partial charge in [0.2, 0.25) is 0 Å². The third kappa shape index (κ3) is 4.81. The molecule has 150 valence electrons. The molecule has 0 aliphatic heterocycles. The number of rotatable bonds is 9. The summed E-state index contributed by atoms with van der Waals surface area (Å²) in [5.74, 6) is 0.809. The van der Waals surface area contributed by atoms with E-state index < -0.39 is 0 Å². The molecule has 0 radical (unpaired) electrons. The molecule has 3 aromatic rings. The second-order valence-corrected chi connectivity index (χ2v) is 8.14. The summed E-state index contributed by atoms with van der Waals surface area (Å²) < 4.78 is 14.7. The molecule has 0 bridgehead atoms. The molecule has 0 saturated heterocycles. The lowest BCUT2D eigenvalue weighted by molar-refractivity contribution is 0.301. The van der Waals surface area contributed by atoms with Crippen LogP contribution in [0.3, 0.4) is 0 Å². The third-order valence-electron chi connectivity index (χ3n) is 4.62. The van der Waals surface area contributed by atoms with Crippen molar-refractivity contribution in [2.75, 3.05) is 13.2 Å². The van der Waals surface area contributed by atoms with Gasteiger partial charge in [0.1, 0.15) is 5.75 Å². The van der Waals surface area contributed by atoms with Crippen LogP contribution in [0.2, 0.25) is 5.02 Å². The van der Waals surface area contributed by atoms with E-state index in [0.29, 0.717) is 24.2 Å². The monoisotopic (exact) mass is 464 g/mol. The normalized spacial score (nSPS) is 11.2. The molecule has 1 heterocycles. The predicted molar refractivity (Wildman–Crippen MR) is 119 cm³/mol. The molecular weight excluding hydrogens is 440 g/mol. The lowest BCUT2D eigenvalue weighted by Crippen LogP contribution is -2.06. The summed E-state index contributed by atoms with van der Waals surface area (Å²) in [5.41, 5.74) is 4.07. The SMILES string of the molecule is CCCCCOc1ccc(Cn2c(OCC)nc3c(C)cc(Br)cc32)c(Cl)c1. The van der Waals surface area contributed by atoms with Crippen LogP contribution in [0.4, 0.5) is 0 Å². The fourth-order valence-corrected chi connectivity index (χ4v) is 3.97. The number of aryl methyl sites for hydroxylation is 1. The van der Waals surface area contributed by atoms with Crippen LogP contribution < -0.4 is 9.47 Å². The lowest BCUT2D eigenvalue weighted by Gasteiger charge is -2.12. The van der Waals surface area contributed by atoms with E-state index in [4.69, 9.17) is 26.1 Å². The quantitative estimate of drug-likeness (QED) is 0.327. The Morgan fingerprint density at radius 3 is 2.64 bits per heavy atom. The Morgan fingerprint density at radius 1 is 1.11 bits per heavy atom. The second kappa shape index (κ2) is 9.66. The van der Waals surface area contributed by atoms with E-state index in [1.54, 1.807) is 0 Å². The van der Waals surface area contributed by atoms with Crippen LogP contribution in [0, 0.1) is 6.92 Å². The molecule has 0 fully saturated rings. The number of benzene rings is 2. The van der Waals surface area contributed by atoms with Crippen molar-refractivity contribution in [2.24, 2.45) is 0 Å². The number of hydrogen-bond acceptors (Lipinski definition) is 3. The zero-order valence-electron chi connectivity index (χ0n) is 16.6. The summed E-state index contributed by atoms with van der Waals surface area (Å²) in [6.45, 7) is 8.06. The predicted octanol–water partition coefficient (Wildman–Crippen LogP) is 6.78. The van der Waals surface area contributed by atoms with E-state index in [2.05, 4.69) is 46.5 Å². The van der Waals surface area contributed by atoms with Crippen LogP contribution in [-0.4, -0.2) is 22.8 Å². The number of imidazole rings is 1. The van der Waals surface area contributed by atoms with E-state index in [1.165, 1.54) is 12.8 Å². The number of ether oxygens (including phenoxy) is 2. The van der Waals surface area contributed by atoms with Gasteiger partial charge in [0.25, 0.3) is 6.01 Å². The van der Waals surface area contributed by atoms with E-state index in [0.717, 1.165) is 45.4 Å². The maximum Gasteiger partial charge on any atom is 0.297 e. The van der Waals surface area contributed by atoms with Crippen molar-refractivity contribution in [3.05, 3.63) is 51.0 Å². The van der Waals surface area contributed by atoms with E-state index >= 15 is 0 Å². The first-order valence-electron chi connectivity index (χ1n) is 9.73. The van der Waals surface area contributed by atoms with Crippen LogP contribution in [0.5, 0.6) is 11.8 Å². The minimum absolute atomic E-state index is 0.557. The average Bonchev–Trinajstić information content (AvgIpc) is 2.99. The van der Waals surface area contributed by atoms with Crippen LogP contribution in [0.15, 0.2) is 34.8 Å². The minimum atomic E-state index is 0.557. The van der Waals surface area contributed by atoms with Gasteiger partial charge < -0.3 is 9.47 Å². The molecule has 2 aromatic carbocycles. The average molecular weight is 466 g/mol. The Bertz CT molecular complexity index is 955. The second-order valence-electron chi connectivity index (χ2n) is 6.81. The standard InChI is InChI=1S/C22H26BrClN2O2/c1-4-6-7-10-28-18-9-8-16(19(24)13-18)14-26-20-12-17(23)11-15(3)21(20)25-22(26)27-5-2/h8-9,11-13H,4-7,10,14H2,1-3H3. The molecule has 3 rings (SSSR count). The van der Waals surface area contributed by atoms with Gasteiger partial charge >= 0.3 is 0 Å². The lowest BCUT2D eigenvalue weighted by atomic mass is 10.2. The smallest absolute Gasteiger partial charge is 0.297 e. The fourth-order valence-electron chi connectivity index (χ4n) is 3.18. The Kier molecular flexibility index (Phi) is 7.24. The van der Waals surface area contributed by atoms with Crippen LogP contribution in [0.1, 0.15) is 44.2 Å². The van der Waals surface area contributed by atoms with Crippen LogP contribution in [-0.2, 0) is 6.54 Å². The van der Waals surface area contributed by atoms with Gasteiger partial charge in [-0.25, -0.2) is 0 Å². The van der Waals surface area contributed by atoms with E-state index in [-0.39, 0.29) is 0 Å². The maximum absolute atomic E-state index is 6.57. The highest BCUT2D eigenvalue weighted by atomic mass is 79.9. The highest BCUT2D eigenvalue weighted by molar-refractivity contribution is 9.10. The Balaban J connectivity index is 1.88. The van der Waals surface area contributed by atoms with Gasteiger partial charge in [-0.3, -0.25) is 4.57 Å². The van der Waals surface area contributed by atoms with E-state index in [9.17, 15) is 0 Å². The largest absolute Gasteiger partial charge is 0.494 e. The highest BCUT2D eigenvalue weighted by Crippen LogP contribution is 2.31. The zero-order chi connectivity index (χ0) is 20.1. The van der Waals surface area contributed by atoms with Gasteiger partial charge in [-0.05, 0) is 55.7 Å². The molecule has 0 atom stereocenters. The van der Waals surface area contributed by atoms with Crippen molar-refractivity contribution < 1.29 is 9.47 Å². The van der Waals surface area contributed by atoms with Crippen molar-refractivity contribution in [2.45, 2.75) is 46.6 Å². The summed E-state index contributed by atoms with van der Waals surface area (Å²) in [5, 5.41) is 0.684. The summed E-state index contributed by atoms with van der Waals surface area (Å²) in [4.78, 5) is 4.70. The molecule has 1 aromatic heterocycles. The summed E-state index contributed by atoms with van der Waals surface area (Å²) in [7, 11) is 0. The Labute approximate surface area is 179 Å². The summed E-state index contributed by atoms with van der Waals surface area (Å²) >= 11 is 10.2. The first-order chi connectivity index (χ1) is 13.5. The molecular formula is C22H26BrClN2O2. The summed E-state index contributed by atoms with van der Waals surface area (Å²) in [6.07, 6.45) is 3.41. The molecule has 0 spiro atoms. The zero-order valence-corrected chi connectivity index (χ0v) is 18.9. The van der Waals surface area contributed by atoms with Gasteiger partial charge in [-0.2, -0.15) is 4.98 Å². The number of fused-ring (bicyclic) bond motifs is 1. The molecule has 0 amide bonds. The number of hydrogen-bond donors (Lipinski definition) is 0. The van der Waals surface area contributed by atoms with Crippen LogP contribution >= 0.6 is 27.5 Å².